The van der Waals surface area contributed by atoms with Crippen LogP contribution >= 0.6 is 0 Å². The highest BCUT2D eigenvalue weighted by Gasteiger charge is 2.51. The Hall–Kier alpha value is -3.10. The minimum absolute atomic E-state index is 0.0517. The number of carbonyl (C=O) groups excluding carboxylic acids is 2. The van der Waals surface area contributed by atoms with Crippen molar-refractivity contribution in [3.63, 3.8) is 0 Å². The number of rotatable bonds is 21. The van der Waals surface area contributed by atoms with E-state index in [2.05, 4.69) is 33.1 Å². The van der Waals surface area contributed by atoms with Gasteiger partial charge in [-0.15, -0.1) is 6.42 Å². The monoisotopic (exact) mass is 615 g/mol. The lowest BCUT2D eigenvalue weighted by atomic mass is 9.98. The van der Waals surface area contributed by atoms with Crippen molar-refractivity contribution >= 4 is 28.9 Å². The van der Waals surface area contributed by atoms with Gasteiger partial charge in [0.1, 0.15) is 12.3 Å². The number of hydrogen-bond donors (Lipinski definition) is 2. The summed E-state index contributed by atoms with van der Waals surface area (Å²) in [6.45, 7) is 3.52. The van der Waals surface area contributed by atoms with Gasteiger partial charge < -0.3 is 19.9 Å². The van der Waals surface area contributed by atoms with Crippen LogP contribution in [0.25, 0.3) is 11.2 Å². The van der Waals surface area contributed by atoms with Crippen molar-refractivity contribution < 1.29 is 28.6 Å². The summed E-state index contributed by atoms with van der Waals surface area (Å²) in [7, 11) is 0. The molecule has 0 bridgehead atoms. The van der Waals surface area contributed by atoms with Crippen LogP contribution in [0.5, 0.6) is 0 Å². The van der Waals surface area contributed by atoms with Gasteiger partial charge in [0.25, 0.3) is 0 Å². The number of aliphatic hydroxyl groups is 1. The summed E-state index contributed by atoms with van der Waals surface area (Å²) in [5.74, 6) is 1.68. The third-order valence-electron chi connectivity index (χ3n) is 8.21. The maximum absolute atomic E-state index is 14.3. The number of nitrogens with zero attached hydrogens (tertiary/aromatic N) is 4. The third kappa shape index (κ3) is 10.2. The molecule has 1 fully saturated rings. The Bertz CT molecular complexity index is 1230. The molecule has 1 amide bonds. The van der Waals surface area contributed by atoms with Crippen LogP contribution in [0.4, 0.5) is 10.2 Å². The predicted octanol–water partition coefficient (Wildman–Crippen LogP) is 6.77. The number of imidazole rings is 1. The number of aliphatic hydroxyl groups excluding tert-OH is 1. The molecule has 10 nitrogen and oxygen atoms in total. The molecule has 2 aromatic heterocycles. The average molecular weight is 616 g/mol. The normalized spacial score (nSPS) is 19.7. The van der Waals surface area contributed by atoms with Gasteiger partial charge in [-0.25, -0.2) is 4.98 Å². The number of esters is 1. The molecule has 1 aliphatic heterocycles. The zero-order chi connectivity index (χ0) is 31.8. The molecule has 1 saturated heterocycles. The van der Waals surface area contributed by atoms with Gasteiger partial charge in [-0.3, -0.25) is 14.2 Å². The number of halogens is 1. The smallest absolute Gasteiger partial charge is 0.312 e. The van der Waals surface area contributed by atoms with E-state index in [9.17, 15) is 19.1 Å². The molecule has 2 aromatic rings. The van der Waals surface area contributed by atoms with E-state index in [1.54, 1.807) is 0 Å². The SMILES string of the molecule is C#C[C@]1(CO)O[C@@H](n2cnc3c(NC(=O)CCC)nc(F)nc32)C[C@@H]1OC(=O)CCCCCCCCCCCCCCCC. The molecule has 0 saturated carbocycles. The molecular weight excluding hydrogens is 565 g/mol. The van der Waals surface area contributed by atoms with Gasteiger partial charge in [0.2, 0.25) is 5.91 Å². The lowest BCUT2D eigenvalue weighted by Crippen LogP contribution is -2.44. The number of aromatic nitrogens is 4. The van der Waals surface area contributed by atoms with E-state index in [0.29, 0.717) is 12.8 Å². The summed E-state index contributed by atoms with van der Waals surface area (Å²) in [6.07, 6.45) is 22.6. The first-order chi connectivity index (χ1) is 21.4. The van der Waals surface area contributed by atoms with E-state index in [1.165, 1.54) is 81.5 Å². The summed E-state index contributed by atoms with van der Waals surface area (Å²) in [4.78, 5) is 36.6. The molecule has 44 heavy (non-hydrogen) atoms. The van der Waals surface area contributed by atoms with Crippen molar-refractivity contribution in [1.29, 1.82) is 0 Å². The van der Waals surface area contributed by atoms with Crippen LogP contribution in [0.15, 0.2) is 6.33 Å². The topological polar surface area (TPSA) is 128 Å². The first-order valence-electron chi connectivity index (χ1n) is 16.5. The van der Waals surface area contributed by atoms with Crippen molar-refractivity contribution in [2.45, 2.75) is 147 Å². The second-order valence-electron chi connectivity index (χ2n) is 11.8. The van der Waals surface area contributed by atoms with E-state index in [1.807, 2.05) is 6.92 Å². The second kappa shape index (κ2) is 18.6. The molecule has 3 heterocycles. The van der Waals surface area contributed by atoms with Gasteiger partial charge in [0.05, 0.1) is 12.9 Å². The highest BCUT2D eigenvalue weighted by molar-refractivity contribution is 5.96. The first-order valence-corrected chi connectivity index (χ1v) is 16.5. The van der Waals surface area contributed by atoms with Gasteiger partial charge in [-0.05, 0) is 12.8 Å². The number of carbonyl (C=O) groups is 2. The van der Waals surface area contributed by atoms with Crippen molar-refractivity contribution in [2.75, 3.05) is 11.9 Å². The largest absolute Gasteiger partial charge is 0.458 e. The lowest BCUT2D eigenvalue weighted by molar-refractivity contribution is -0.158. The van der Waals surface area contributed by atoms with E-state index in [-0.39, 0.29) is 42.2 Å². The number of hydrogen-bond acceptors (Lipinski definition) is 8. The zero-order valence-corrected chi connectivity index (χ0v) is 26.5. The quantitative estimate of drug-likeness (QED) is 0.0681. The number of amides is 1. The minimum atomic E-state index is -1.57. The Balaban J connectivity index is 1.45. The number of nitrogens with one attached hydrogen (secondary N) is 1. The molecular formula is C33H50FN5O5. The van der Waals surface area contributed by atoms with Gasteiger partial charge in [0, 0.05) is 19.3 Å². The van der Waals surface area contributed by atoms with Crippen LogP contribution in [-0.2, 0) is 19.1 Å². The highest BCUT2D eigenvalue weighted by Crippen LogP contribution is 2.40. The summed E-state index contributed by atoms with van der Waals surface area (Å²) in [5.41, 5.74) is -1.32. The fourth-order valence-electron chi connectivity index (χ4n) is 5.66. The van der Waals surface area contributed by atoms with Crippen LogP contribution in [0, 0.1) is 18.4 Å². The fraction of sp³-hybridized carbons (Fsp3) is 0.727. The van der Waals surface area contributed by atoms with E-state index >= 15 is 0 Å². The molecule has 0 aliphatic carbocycles. The molecule has 244 valence electrons. The van der Waals surface area contributed by atoms with E-state index < -0.39 is 36.6 Å². The van der Waals surface area contributed by atoms with Crippen LogP contribution in [0.1, 0.15) is 136 Å². The van der Waals surface area contributed by atoms with Crippen LogP contribution in [-0.4, -0.2) is 54.8 Å². The molecule has 1 aliphatic rings. The van der Waals surface area contributed by atoms with Crippen LogP contribution in [0.2, 0.25) is 0 Å². The fourth-order valence-corrected chi connectivity index (χ4v) is 5.66. The Morgan fingerprint density at radius 1 is 1.02 bits per heavy atom. The zero-order valence-electron chi connectivity index (χ0n) is 26.5. The standard InChI is InChI=1S/C33H50FN5O5/c1-4-7-8-9-10-11-12-13-14-15-16-17-18-19-21-28(42)43-25-22-27(44-33(25,6-3)23-40)39-24-35-29-30(36-26(41)20-5-2)37-32(34)38-31(29)39/h3,24-25,27,40H,4-5,7-23H2,1-2H3,(H,36,37,38,41)/t25-,27+,33+/m0/s1. The minimum Gasteiger partial charge on any atom is -0.458 e. The highest BCUT2D eigenvalue weighted by atomic mass is 19.1. The van der Waals surface area contributed by atoms with Crippen molar-refractivity contribution in [1.82, 2.24) is 19.5 Å². The molecule has 0 spiro atoms. The molecule has 11 heteroatoms. The predicted molar refractivity (Wildman–Crippen MR) is 167 cm³/mol. The summed E-state index contributed by atoms with van der Waals surface area (Å²) < 4.78 is 27.5. The molecule has 3 atom stereocenters. The molecule has 3 rings (SSSR count). The van der Waals surface area contributed by atoms with Crippen molar-refractivity contribution in [3.8, 4) is 12.3 Å². The Kier molecular flexibility index (Phi) is 15.0. The third-order valence-corrected chi connectivity index (χ3v) is 8.21. The molecule has 2 N–H and O–H groups in total. The summed E-state index contributed by atoms with van der Waals surface area (Å²) >= 11 is 0. The lowest BCUT2D eigenvalue weighted by Gasteiger charge is -2.26. The van der Waals surface area contributed by atoms with Crippen LogP contribution in [0.3, 0.4) is 0 Å². The number of ether oxygens (including phenoxy) is 2. The van der Waals surface area contributed by atoms with Gasteiger partial charge in [-0.1, -0.05) is 103 Å². The first kappa shape index (κ1) is 35.4. The number of unbranched alkanes of at least 4 members (excludes halogenated alkanes) is 13. The van der Waals surface area contributed by atoms with Crippen LogP contribution < -0.4 is 5.32 Å². The average Bonchev–Trinajstić information content (AvgIpc) is 3.59. The second-order valence-corrected chi connectivity index (χ2v) is 11.8. The van der Waals surface area contributed by atoms with E-state index in [0.717, 1.165) is 12.8 Å². The van der Waals surface area contributed by atoms with Crippen molar-refractivity contribution in [2.24, 2.45) is 0 Å². The Labute approximate surface area is 260 Å². The number of terminal acetylenes is 1. The Morgan fingerprint density at radius 2 is 1.64 bits per heavy atom. The van der Waals surface area contributed by atoms with Gasteiger partial charge >= 0.3 is 12.0 Å². The maximum Gasteiger partial charge on any atom is 0.312 e. The summed E-state index contributed by atoms with van der Waals surface area (Å²) in [5, 5.41) is 12.7. The maximum atomic E-state index is 14.3. The number of anilines is 1. The molecule has 0 radical (unpaired) electrons. The molecule has 0 aromatic carbocycles. The number of fused-ring (bicyclic) bond motifs is 1. The molecule has 0 unspecified atom stereocenters. The summed E-state index contributed by atoms with van der Waals surface area (Å²) in [6, 6.07) is 0. The van der Waals surface area contributed by atoms with E-state index in [4.69, 9.17) is 15.9 Å². The Morgan fingerprint density at radius 3 is 2.20 bits per heavy atom. The van der Waals surface area contributed by atoms with Gasteiger partial charge in [0.15, 0.2) is 22.6 Å². The van der Waals surface area contributed by atoms with Crippen molar-refractivity contribution in [3.05, 3.63) is 12.4 Å². The van der Waals surface area contributed by atoms with Gasteiger partial charge in [-0.2, -0.15) is 14.4 Å².